The van der Waals surface area contributed by atoms with Crippen LogP contribution in [0.1, 0.15) is 81.0 Å². The van der Waals surface area contributed by atoms with Crippen molar-refractivity contribution < 1.29 is 24.5 Å². The molecule has 0 amide bonds. The summed E-state index contributed by atoms with van der Waals surface area (Å²) in [5.74, 6) is 8.79. The summed E-state index contributed by atoms with van der Waals surface area (Å²) in [6.45, 7) is 4.57. The van der Waals surface area contributed by atoms with Crippen molar-refractivity contribution >= 4 is 39.7 Å². The minimum absolute atomic E-state index is 0. The molecule has 0 unspecified atom stereocenters. The number of aryl methyl sites for hydroxylation is 1. The quantitative estimate of drug-likeness (QED) is 0.112. The maximum Gasteiger partial charge on any atom is 0.216 e. The third-order valence-corrected chi connectivity index (χ3v) is 16.0. The third kappa shape index (κ3) is 9.54. The van der Waals surface area contributed by atoms with E-state index in [0.717, 1.165) is 69.7 Å². The van der Waals surface area contributed by atoms with Gasteiger partial charge in [-0.2, -0.15) is 0 Å². The number of pyridine rings is 3. The fourth-order valence-corrected chi connectivity index (χ4v) is 12.3. The molecule has 3 aromatic carbocycles. The molecule has 4 aromatic heterocycles. The summed E-state index contributed by atoms with van der Waals surface area (Å²) < 4.78 is 7.99. The van der Waals surface area contributed by atoms with Gasteiger partial charge in [0.1, 0.15) is 0 Å². The van der Waals surface area contributed by atoms with Crippen molar-refractivity contribution in [2.75, 3.05) is 0 Å². The van der Waals surface area contributed by atoms with Crippen molar-refractivity contribution in [3.05, 3.63) is 132 Å². The second kappa shape index (κ2) is 18.4. The van der Waals surface area contributed by atoms with Gasteiger partial charge in [-0.05, 0) is 73.0 Å². The number of aromatic nitrogens is 3. The fraction of sp³-hybridized carbons (Fsp3) is 0.353. The molecule has 7 aromatic rings. The number of furan rings is 1. The molecule has 295 valence electrons. The number of fused-ring (bicyclic) bond motifs is 4. The van der Waals surface area contributed by atoms with Crippen molar-refractivity contribution in [3.8, 4) is 33.8 Å². The molecule has 1 saturated carbocycles. The van der Waals surface area contributed by atoms with Crippen LogP contribution in [0.25, 0.3) is 55.8 Å². The van der Waals surface area contributed by atoms with Crippen LogP contribution in [0.3, 0.4) is 0 Å². The van der Waals surface area contributed by atoms with E-state index in [1.807, 2.05) is 30.5 Å². The minimum Gasteiger partial charge on any atom is -0.486 e. The smallest absolute Gasteiger partial charge is 0.216 e. The summed E-state index contributed by atoms with van der Waals surface area (Å²) in [4.78, 5) is 14.4. The summed E-state index contributed by atoms with van der Waals surface area (Å²) in [7, 11) is 0. The average molecular weight is 991 g/mol. The van der Waals surface area contributed by atoms with Crippen molar-refractivity contribution in [3.63, 3.8) is 0 Å². The van der Waals surface area contributed by atoms with Gasteiger partial charge in [0.25, 0.3) is 0 Å². The van der Waals surface area contributed by atoms with E-state index in [0.29, 0.717) is 11.6 Å². The fourth-order valence-electron chi connectivity index (χ4n) is 8.93. The van der Waals surface area contributed by atoms with E-state index >= 15 is 0 Å². The van der Waals surface area contributed by atoms with Gasteiger partial charge in [0.15, 0.2) is 0 Å². The van der Waals surface area contributed by atoms with Crippen LogP contribution < -0.4 is 4.40 Å². The topological polar surface area (TPSA) is 51.8 Å². The van der Waals surface area contributed by atoms with E-state index in [2.05, 4.69) is 110 Å². The molecule has 9 rings (SSSR count). The van der Waals surface area contributed by atoms with Gasteiger partial charge < -0.3 is 9.40 Å². The Hall–Kier alpha value is -3.90. The molecule has 0 aliphatic heterocycles. The Labute approximate surface area is 356 Å². The van der Waals surface area contributed by atoms with Crippen LogP contribution in [0.4, 0.5) is 0 Å². The minimum atomic E-state index is -1.86. The van der Waals surface area contributed by atoms with E-state index in [-0.39, 0.29) is 20.1 Å². The van der Waals surface area contributed by atoms with E-state index in [1.54, 1.807) is 4.40 Å². The summed E-state index contributed by atoms with van der Waals surface area (Å²) in [5.41, 5.74) is 13.6. The molecule has 0 spiro atoms. The van der Waals surface area contributed by atoms with Crippen LogP contribution in [0.5, 0.6) is 0 Å². The summed E-state index contributed by atoms with van der Waals surface area (Å²) in [6, 6.07) is 36.5. The van der Waals surface area contributed by atoms with Crippen molar-refractivity contribution in [2.45, 2.75) is 102 Å². The first-order chi connectivity index (χ1) is 27.2. The van der Waals surface area contributed by atoms with Crippen molar-refractivity contribution in [1.82, 2.24) is 15.0 Å². The van der Waals surface area contributed by atoms with E-state index in [9.17, 15) is 0 Å². The van der Waals surface area contributed by atoms with Crippen molar-refractivity contribution in [2.24, 2.45) is 11.8 Å². The number of benzene rings is 3. The molecule has 57 heavy (non-hydrogen) atoms. The monoisotopic (exact) mass is 992 g/mol. The number of rotatable bonds is 8. The maximum absolute atomic E-state index is 6.45. The predicted octanol–water partition coefficient (Wildman–Crippen LogP) is 12.8. The van der Waals surface area contributed by atoms with E-state index in [4.69, 9.17) is 19.4 Å². The molecule has 4 nitrogen and oxygen atoms in total. The van der Waals surface area contributed by atoms with E-state index < -0.39 is 13.3 Å². The van der Waals surface area contributed by atoms with Crippen molar-refractivity contribution in [1.29, 1.82) is 0 Å². The van der Waals surface area contributed by atoms with Gasteiger partial charge in [0, 0.05) is 37.3 Å². The Morgan fingerprint density at radius 2 is 1.61 bits per heavy atom. The molecule has 2 aliphatic carbocycles. The normalized spacial score (nSPS) is 14.6. The maximum atomic E-state index is 6.45. The molecule has 0 atom stereocenters. The summed E-state index contributed by atoms with van der Waals surface area (Å²) in [6.07, 6.45) is 18.0. The van der Waals surface area contributed by atoms with Gasteiger partial charge in [-0.15, -0.1) is 18.2 Å². The van der Waals surface area contributed by atoms with Crippen LogP contribution >= 0.6 is 0 Å². The molecule has 1 radical (unpaired) electrons. The van der Waals surface area contributed by atoms with Gasteiger partial charge in [-0.25, -0.2) is 4.98 Å². The summed E-state index contributed by atoms with van der Waals surface area (Å²) >= 11 is -1.86. The second-order valence-corrected chi connectivity index (χ2v) is 28.1. The molecular formula is C51H55GeIrN3O-2. The molecular weight excluding hydrogens is 935 g/mol. The molecule has 1 fully saturated rings. The molecule has 4 heterocycles. The third-order valence-electron chi connectivity index (χ3n) is 11.7. The Morgan fingerprint density at radius 1 is 0.772 bits per heavy atom. The van der Waals surface area contributed by atoms with Gasteiger partial charge in [-0.1, -0.05) is 72.9 Å². The zero-order valence-corrected chi connectivity index (χ0v) is 38.7. The second-order valence-electron chi connectivity index (χ2n) is 17.5. The molecule has 0 N–H and O–H groups in total. The number of hydrogen-bond acceptors (Lipinski definition) is 4. The Kier molecular flexibility index (Phi) is 13.3. The Balaban J connectivity index is 0.000000202. The molecule has 0 saturated heterocycles. The standard InChI is InChI=1S/C33H31N2O.C18H24GeN.Ir/c1-2-8-22(9-3-1)20-23-18-19-34-31(21-23)29-15-7-14-27-28-16-17-30(35-33(28)36-32(27)29)26-13-6-11-24-10-4-5-12-25(24)26;1-14(2)11-16-12-18(15-9-7-6-8-10-15)20-13-17(16)19(3,4)5;/h6-7,11,13-14,16-19,21-22H,1-5,8-10,12,20H2;6-9,12-14H,11H2,1-5H3;/q2*-1;. The zero-order valence-electron chi connectivity index (χ0n) is 34.3. The zero-order chi connectivity index (χ0) is 38.6. The number of nitrogens with zero attached hydrogens (tertiary/aromatic N) is 3. The Morgan fingerprint density at radius 3 is 2.40 bits per heavy atom. The van der Waals surface area contributed by atoms with Crippen LogP contribution in [0, 0.1) is 24.0 Å². The molecule has 2 aliphatic rings. The van der Waals surface area contributed by atoms with Gasteiger partial charge in [-0.3, -0.25) is 0 Å². The first kappa shape index (κ1) is 41.3. The van der Waals surface area contributed by atoms with Crippen LogP contribution in [-0.4, -0.2) is 28.2 Å². The Bertz CT molecular complexity index is 2440. The first-order valence-corrected chi connectivity index (χ1v) is 28.3. The summed E-state index contributed by atoms with van der Waals surface area (Å²) in [5, 5.41) is 2.12. The predicted molar refractivity (Wildman–Crippen MR) is 236 cm³/mol. The van der Waals surface area contributed by atoms with Gasteiger partial charge in [0.2, 0.25) is 5.71 Å². The first-order valence-electron chi connectivity index (χ1n) is 21.0. The van der Waals surface area contributed by atoms with E-state index in [1.165, 1.54) is 79.2 Å². The van der Waals surface area contributed by atoms with Gasteiger partial charge in [0.05, 0.1) is 11.3 Å². The van der Waals surface area contributed by atoms with Crippen LogP contribution in [0.15, 0.2) is 102 Å². The number of hydrogen-bond donors (Lipinski definition) is 0. The largest absolute Gasteiger partial charge is 0.486 e. The average Bonchev–Trinajstić information content (AvgIpc) is 3.59. The van der Waals surface area contributed by atoms with Crippen LogP contribution in [0.2, 0.25) is 17.3 Å². The SMILES string of the molecule is CC(C)Cc1cc(-c2[c-]cccc2)nc[c]1[Ge]([CH3])([CH3])[CH3].[Ir].[c-]1ccc2c(oc3nc(-c4cccc5c4CCCC5)ccc32)c1-c1cc(CC2CCCCC2)ccn1. The van der Waals surface area contributed by atoms with Gasteiger partial charge >= 0.3 is 126 Å². The molecule has 0 bridgehead atoms. The molecule has 6 heteroatoms. The van der Waals surface area contributed by atoms with Crippen LogP contribution in [-0.2, 0) is 45.8 Å².